The van der Waals surface area contributed by atoms with Crippen LogP contribution in [0, 0.1) is 5.92 Å². The van der Waals surface area contributed by atoms with E-state index in [0.717, 1.165) is 25.9 Å². The largest absolute Gasteiger partial charge is 0.470 e. The van der Waals surface area contributed by atoms with E-state index < -0.39 is 0 Å². The predicted octanol–water partition coefficient (Wildman–Crippen LogP) is 2.84. The lowest BCUT2D eigenvalue weighted by atomic mass is 9.92. The van der Waals surface area contributed by atoms with Crippen molar-refractivity contribution in [1.29, 1.82) is 0 Å². The molecule has 0 saturated carbocycles. The molecular formula is C11H18O2. The Morgan fingerprint density at radius 3 is 2.85 bits per heavy atom. The Hall–Kier alpha value is -0.500. The van der Waals surface area contributed by atoms with Gasteiger partial charge in [0.1, 0.15) is 0 Å². The SMILES string of the molecule is CC1=COC2(CC1)CCC(C)CO2. The van der Waals surface area contributed by atoms with Gasteiger partial charge >= 0.3 is 0 Å². The van der Waals surface area contributed by atoms with Crippen LogP contribution in [0.3, 0.4) is 0 Å². The summed E-state index contributed by atoms with van der Waals surface area (Å²) >= 11 is 0. The normalized spacial score (nSPS) is 39.8. The minimum absolute atomic E-state index is 0.258. The molecule has 0 N–H and O–H groups in total. The molecular weight excluding hydrogens is 164 g/mol. The molecule has 1 fully saturated rings. The van der Waals surface area contributed by atoms with E-state index in [4.69, 9.17) is 9.47 Å². The zero-order valence-corrected chi connectivity index (χ0v) is 8.51. The minimum Gasteiger partial charge on any atom is -0.470 e. The number of hydrogen-bond donors (Lipinski definition) is 0. The lowest BCUT2D eigenvalue weighted by Gasteiger charge is -2.40. The van der Waals surface area contributed by atoms with Gasteiger partial charge in [0, 0.05) is 12.8 Å². The highest BCUT2D eigenvalue weighted by Gasteiger charge is 2.37. The van der Waals surface area contributed by atoms with Gasteiger partial charge in [-0.05, 0) is 31.3 Å². The molecule has 2 rings (SSSR count). The van der Waals surface area contributed by atoms with Gasteiger partial charge in [-0.1, -0.05) is 6.92 Å². The van der Waals surface area contributed by atoms with Gasteiger partial charge < -0.3 is 9.47 Å². The van der Waals surface area contributed by atoms with Crippen LogP contribution < -0.4 is 0 Å². The van der Waals surface area contributed by atoms with Gasteiger partial charge in [0.2, 0.25) is 5.79 Å². The number of ether oxygens (including phenoxy) is 2. The fourth-order valence-corrected chi connectivity index (χ4v) is 1.92. The third kappa shape index (κ3) is 1.88. The summed E-state index contributed by atoms with van der Waals surface area (Å²) in [5, 5.41) is 0. The van der Waals surface area contributed by atoms with Crippen molar-refractivity contribution < 1.29 is 9.47 Å². The van der Waals surface area contributed by atoms with Crippen molar-refractivity contribution in [3.63, 3.8) is 0 Å². The predicted molar refractivity (Wildman–Crippen MR) is 51.2 cm³/mol. The first-order valence-corrected chi connectivity index (χ1v) is 5.18. The van der Waals surface area contributed by atoms with Crippen LogP contribution in [0.2, 0.25) is 0 Å². The van der Waals surface area contributed by atoms with Crippen molar-refractivity contribution in [2.24, 2.45) is 5.92 Å². The zero-order chi connectivity index (χ0) is 9.31. The summed E-state index contributed by atoms with van der Waals surface area (Å²) in [6.07, 6.45) is 6.31. The standard InChI is InChI=1S/C11H18O2/c1-9-3-5-11(12-7-9)6-4-10(2)8-13-11/h7,10H,3-6,8H2,1-2H3. The summed E-state index contributed by atoms with van der Waals surface area (Å²) in [4.78, 5) is 0. The Morgan fingerprint density at radius 2 is 2.31 bits per heavy atom. The summed E-state index contributed by atoms with van der Waals surface area (Å²) < 4.78 is 11.5. The molecule has 2 aliphatic heterocycles. The van der Waals surface area contributed by atoms with E-state index in [9.17, 15) is 0 Å². The van der Waals surface area contributed by atoms with Crippen molar-refractivity contribution in [2.45, 2.75) is 45.3 Å². The third-order valence-corrected chi connectivity index (χ3v) is 3.02. The second-order valence-corrected chi connectivity index (χ2v) is 4.45. The summed E-state index contributed by atoms with van der Waals surface area (Å²) in [5.74, 6) is 0.438. The van der Waals surface area contributed by atoms with Crippen molar-refractivity contribution >= 4 is 0 Å². The number of rotatable bonds is 0. The summed E-state index contributed by atoms with van der Waals surface area (Å²) in [7, 11) is 0. The van der Waals surface area contributed by atoms with Crippen molar-refractivity contribution in [3.8, 4) is 0 Å². The first kappa shape index (κ1) is 9.07. The second kappa shape index (κ2) is 3.33. The van der Waals surface area contributed by atoms with E-state index in [1.165, 1.54) is 12.0 Å². The molecule has 2 aliphatic rings. The average Bonchev–Trinajstić information content (AvgIpc) is 2.16. The van der Waals surface area contributed by atoms with Crippen LogP contribution in [0.4, 0.5) is 0 Å². The van der Waals surface area contributed by atoms with E-state index in [1.807, 2.05) is 6.26 Å². The van der Waals surface area contributed by atoms with Gasteiger partial charge in [0.15, 0.2) is 0 Å². The van der Waals surface area contributed by atoms with Crippen molar-refractivity contribution in [3.05, 3.63) is 11.8 Å². The van der Waals surface area contributed by atoms with Crippen LogP contribution in [-0.2, 0) is 9.47 Å². The number of allylic oxidation sites excluding steroid dienone is 1. The average molecular weight is 182 g/mol. The van der Waals surface area contributed by atoms with Crippen LogP contribution in [0.1, 0.15) is 39.5 Å². The van der Waals surface area contributed by atoms with Crippen LogP contribution in [0.5, 0.6) is 0 Å². The highest BCUT2D eigenvalue weighted by atomic mass is 16.7. The Labute approximate surface area is 79.9 Å². The quantitative estimate of drug-likeness (QED) is 0.573. The maximum absolute atomic E-state index is 5.80. The molecule has 2 atom stereocenters. The van der Waals surface area contributed by atoms with Gasteiger partial charge in [0.25, 0.3) is 0 Å². The molecule has 0 aromatic heterocycles. The van der Waals surface area contributed by atoms with E-state index in [0.29, 0.717) is 5.92 Å². The molecule has 0 radical (unpaired) electrons. The van der Waals surface area contributed by atoms with Gasteiger partial charge in [0.05, 0.1) is 12.9 Å². The molecule has 2 heterocycles. The summed E-state index contributed by atoms with van der Waals surface area (Å²) in [6, 6.07) is 0. The highest BCUT2D eigenvalue weighted by Crippen LogP contribution is 2.36. The fraction of sp³-hybridized carbons (Fsp3) is 0.818. The molecule has 74 valence electrons. The molecule has 1 spiro atoms. The molecule has 13 heavy (non-hydrogen) atoms. The smallest absolute Gasteiger partial charge is 0.209 e. The van der Waals surface area contributed by atoms with Gasteiger partial charge in [-0.25, -0.2) is 0 Å². The van der Waals surface area contributed by atoms with E-state index in [2.05, 4.69) is 13.8 Å². The molecule has 0 aromatic rings. The first-order chi connectivity index (χ1) is 6.20. The Kier molecular flexibility index (Phi) is 2.33. The van der Waals surface area contributed by atoms with E-state index >= 15 is 0 Å². The molecule has 0 aromatic carbocycles. The summed E-state index contributed by atoms with van der Waals surface area (Å²) in [6.45, 7) is 5.20. The second-order valence-electron chi connectivity index (χ2n) is 4.45. The Morgan fingerprint density at radius 1 is 1.46 bits per heavy atom. The highest BCUT2D eigenvalue weighted by molar-refractivity contribution is 5.00. The molecule has 2 heteroatoms. The van der Waals surface area contributed by atoms with Crippen LogP contribution in [0.15, 0.2) is 11.8 Å². The zero-order valence-electron chi connectivity index (χ0n) is 8.51. The minimum atomic E-state index is -0.258. The third-order valence-electron chi connectivity index (χ3n) is 3.02. The molecule has 2 unspecified atom stereocenters. The van der Waals surface area contributed by atoms with Crippen LogP contribution >= 0.6 is 0 Å². The Bertz CT molecular complexity index is 212. The van der Waals surface area contributed by atoms with Crippen LogP contribution in [-0.4, -0.2) is 12.4 Å². The van der Waals surface area contributed by atoms with Crippen LogP contribution in [0.25, 0.3) is 0 Å². The summed E-state index contributed by atoms with van der Waals surface area (Å²) in [5.41, 5.74) is 1.33. The maximum atomic E-state index is 5.80. The number of hydrogen-bond acceptors (Lipinski definition) is 2. The lowest BCUT2D eigenvalue weighted by molar-refractivity contribution is -0.246. The molecule has 0 bridgehead atoms. The first-order valence-electron chi connectivity index (χ1n) is 5.18. The van der Waals surface area contributed by atoms with Crippen molar-refractivity contribution in [1.82, 2.24) is 0 Å². The Balaban J connectivity index is 1.99. The monoisotopic (exact) mass is 182 g/mol. The van der Waals surface area contributed by atoms with E-state index in [1.54, 1.807) is 0 Å². The van der Waals surface area contributed by atoms with Crippen molar-refractivity contribution in [2.75, 3.05) is 6.61 Å². The lowest BCUT2D eigenvalue weighted by Crippen LogP contribution is -2.41. The molecule has 2 nitrogen and oxygen atoms in total. The fourth-order valence-electron chi connectivity index (χ4n) is 1.92. The molecule has 1 saturated heterocycles. The molecule has 0 aliphatic carbocycles. The molecule has 0 amide bonds. The van der Waals surface area contributed by atoms with Gasteiger partial charge in [-0.2, -0.15) is 0 Å². The van der Waals surface area contributed by atoms with Gasteiger partial charge in [-0.3, -0.25) is 0 Å². The van der Waals surface area contributed by atoms with E-state index in [-0.39, 0.29) is 5.79 Å². The maximum Gasteiger partial charge on any atom is 0.209 e. The topological polar surface area (TPSA) is 18.5 Å². The van der Waals surface area contributed by atoms with Gasteiger partial charge in [-0.15, -0.1) is 0 Å².